The third-order valence-corrected chi connectivity index (χ3v) is 3.10. The van der Waals surface area contributed by atoms with E-state index in [1.165, 1.54) is 6.42 Å². The van der Waals surface area contributed by atoms with E-state index in [0.29, 0.717) is 12.1 Å². The van der Waals surface area contributed by atoms with Gasteiger partial charge in [-0.2, -0.15) is 0 Å². The minimum atomic E-state index is 0.420. The molecule has 0 bridgehead atoms. The Kier molecular flexibility index (Phi) is 3.62. The first-order valence-electron chi connectivity index (χ1n) is 5.75. The standard InChI is InChI=1S/C12H19N3O/c1-13-12-8-10(5-6-14-12)15-9-3-4-11(7-9)16-2/h5-6,8-9,11H,3-4,7H2,1-2H3,(H2,13,14,15). The number of methoxy groups -OCH3 is 1. The maximum absolute atomic E-state index is 5.36. The number of nitrogens with one attached hydrogen (secondary N) is 2. The first-order valence-corrected chi connectivity index (χ1v) is 5.75. The highest BCUT2D eigenvalue weighted by molar-refractivity contribution is 5.52. The number of ether oxygens (including phenoxy) is 1. The van der Waals surface area contributed by atoms with Crippen molar-refractivity contribution in [1.82, 2.24) is 4.98 Å². The number of aromatic nitrogens is 1. The van der Waals surface area contributed by atoms with Crippen LogP contribution in [-0.2, 0) is 4.74 Å². The Balaban J connectivity index is 1.94. The molecule has 88 valence electrons. The maximum Gasteiger partial charge on any atom is 0.127 e. The van der Waals surface area contributed by atoms with Crippen LogP contribution in [0.1, 0.15) is 19.3 Å². The molecule has 0 saturated heterocycles. The lowest BCUT2D eigenvalue weighted by molar-refractivity contribution is 0.108. The van der Waals surface area contributed by atoms with E-state index in [-0.39, 0.29) is 0 Å². The van der Waals surface area contributed by atoms with Crippen molar-refractivity contribution in [3.05, 3.63) is 18.3 Å². The third-order valence-electron chi connectivity index (χ3n) is 3.10. The van der Waals surface area contributed by atoms with Gasteiger partial charge in [0.15, 0.2) is 0 Å². The van der Waals surface area contributed by atoms with Gasteiger partial charge in [0.25, 0.3) is 0 Å². The molecule has 1 saturated carbocycles. The number of rotatable bonds is 4. The van der Waals surface area contributed by atoms with E-state index in [0.717, 1.165) is 24.3 Å². The van der Waals surface area contributed by atoms with Crippen molar-refractivity contribution in [2.75, 3.05) is 24.8 Å². The van der Waals surface area contributed by atoms with Crippen LogP contribution in [0.5, 0.6) is 0 Å². The molecule has 2 rings (SSSR count). The molecule has 1 aliphatic carbocycles. The second-order valence-electron chi connectivity index (χ2n) is 4.19. The van der Waals surface area contributed by atoms with Crippen LogP contribution in [0.25, 0.3) is 0 Å². The fourth-order valence-corrected chi connectivity index (χ4v) is 2.18. The van der Waals surface area contributed by atoms with Gasteiger partial charge in [-0.3, -0.25) is 0 Å². The average Bonchev–Trinajstić information content (AvgIpc) is 2.77. The topological polar surface area (TPSA) is 46.2 Å². The number of pyridine rings is 1. The quantitative estimate of drug-likeness (QED) is 0.817. The lowest BCUT2D eigenvalue weighted by atomic mass is 10.2. The fourth-order valence-electron chi connectivity index (χ4n) is 2.18. The Morgan fingerprint density at radius 1 is 1.44 bits per heavy atom. The lowest BCUT2D eigenvalue weighted by Crippen LogP contribution is -2.17. The second-order valence-corrected chi connectivity index (χ2v) is 4.19. The van der Waals surface area contributed by atoms with Gasteiger partial charge in [0, 0.05) is 38.1 Å². The zero-order valence-electron chi connectivity index (χ0n) is 9.86. The predicted molar refractivity (Wildman–Crippen MR) is 65.8 cm³/mol. The summed E-state index contributed by atoms with van der Waals surface area (Å²) in [5.74, 6) is 0.895. The summed E-state index contributed by atoms with van der Waals surface area (Å²) in [5.41, 5.74) is 1.13. The van der Waals surface area contributed by atoms with Gasteiger partial charge in [-0.15, -0.1) is 0 Å². The summed E-state index contributed by atoms with van der Waals surface area (Å²) in [7, 11) is 3.67. The van der Waals surface area contributed by atoms with Crippen molar-refractivity contribution in [3.8, 4) is 0 Å². The monoisotopic (exact) mass is 221 g/mol. The summed E-state index contributed by atoms with van der Waals surface area (Å²) in [6.45, 7) is 0. The SMILES string of the molecule is CNc1cc(NC2CCC(OC)C2)ccn1. The molecule has 2 N–H and O–H groups in total. The molecule has 4 nitrogen and oxygen atoms in total. The number of hydrogen-bond acceptors (Lipinski definition) is 4. The van der Waals surface area contributed by atoms with Gasteiger partial charge >= 0.3 is 0 Å². The molecule has 2 atom stereocenters. The average molecular weight is 221 g/mol. The van der Waals surface area contributed by atoms with E-state index < -0.39 is 0 Å². The van der Waals surface area contributed by atoms with Gasteiger partial charge in [0.05, 0.1) is 6.10 Å². The van der Waals surface area contributed by atoms with Gasteiger partial charge in [-0.25, -0.2) is 4.98 Å². The van der Waals surface area contributed by atoms with Crippen molar-refractivity contribution in [3.63, 3.8) is 0 Å². The summed E-state index contributed by atoms with van der Waals surface area (Å²) in [5, 5.41) is 6.56. The summed E-state index contributed by atoms with van der Waals surface area (Å²) >= 11 is 0. The predicted octanol–water partition coefficient (Wildman–Crippen LogP) is 2.10. The lowest BCUT2D eigenvalue weighted by Gasteiger charge is -2.14. The Hall–Kier alpha value is -1.29. The Morgan fingerprint density at radius 2 is 2.31 bits per heavy atom. The van der Waals surface area contributed by atoms with Crippen molar-refractivity contribution in [2.24, 2.45) is 0 Å². The van der Waals surface area contributed by atoms with Gasteiger partial charge in [-0.05, 0) is 25.3 Å². The summed E-state index contributed by atoms with van der Waals surface area (Å²) in [6.07, 6.45) is 5.65. The molecular formula is C12H19N3O. The van der Waals surface area contributed by atoms with E-state index in [1.807, 2.05) is 25.4 Å². The zero-order valence-corrected chi connectivity index (χ0v) is 9.86. The van der Waals surface area contributed by atoms with E-state index in [1.54, 1.807) is 7.11 Å². The molecule has 1 aliphatic rings. The smallest absolute Gasteiger partial charge is 0.127 e. The van der Waals surface area contributed by atoms with Gasteiger partial charge in [0.1, 0.15) is 5.82 Å². The molecule has 1 aromatic rings. The van der Waals surface area contributed by atoms with Crippen LogP contribution in [0, 0.1) is 0 Å². The molecule has 1 heterocycles. The molecular weight excluding hydrogens is 202 g/mol. The minimum absolute atomic E-state index is 0.420. The molecule has 0 aromatic carbocycles. The zero-order chi connectivity index (χ0) is 11.4. The first kappa shape index (κ1) is 11.2. The van der Waals surface area contributed by atoms with Crippen LogP contribution in [0.3, 0.4) is 0 Å². The van der Waals surface area contributed by atoms with Gasteiger partial charge in [0.2, 0.25) is 0 Å². The Bertz CT molecular complexity index is 343. The minimum Gasteiger partial charge on any atom is -0.382 e. The molecule has 0 amide bonds. The largest absolute Gasteiger partial charge is 0.382 e. The molecule has 1 aromatic heterocycles. The van der Waals surface area contributed by atoms with Crippen molar-refractivity contribution in [2.45, 2.75) is 31.4 Å². The van der Waals surface area contributed by atoms with Crippen molar-refractivity contribution in [1.29, 1.82) is 0 Å². The molecule has 2 unspecified atom stereocenters. The highest BCUT2D eigenvalue weighted by atomic mass is 16.5. The molecule has 0 radical (unpaired) electrons. The summed E-state index contributed by atoms with van der Waals surface area (Å²) in [4.78, 5) is 4.19. The third kappa shape index (κ3) is 2.64. The number of nitrogens with zero attached hydrogens (tertiary/aromatic N) is 1. The van der Waals surface area contributed by atoms with Crippen LogP contribution in [0.4, 0.5) is 11.5 Å². The van der Waals surface area contributed by atoms with E-state index in [9.17, 15) is 0 Å². The van der Waals surface area contributed by atoms with Gasteiger partial charge < -0.3 is 15.4 Å². The van der Waals surface area contributed by atoms with Crippen molar-refractivity contribution >= 4 is 11.5 Å². The Labute approximate surface area is 96.4 Å². The van der Waals surface area contributed by atoms with Crippen LogP contribution in [0.2, 0.25) is 0 Å². The van der Waals surface area contributed by atoms with Crippen LogP contribution in [0.15, 0.2) is 18.3 Å². The normalized spacial score (nSPS) is 24.4. The van der Waals surface area contributed by atoms with Crippen LogP contribution >= 0.6 is 0 Å². The van der Waals surface area contributed by atoms with E-state index >= 15 is 0 Å². The van der Waals surface area contributed by atoms with Crippen LogP contribution < -0.4 is 10.6 Å². The number of hydrogen-bond donors (Lipinski definition) is 2. The van der Waals surface area contributed by atoms with Crippen LogP contribution in [-0.4, -0.2) is 31.3 Å². The second kappa shape index (κ2) is 5.16. The highest BCUT2D eigenvalue weighted by Gasteiger charge is 2.24. The first-order chi connectivity index (χ1) is 7.81. The highest BCUT2D eigenvalue weighted by Crippen LogP contribution is 2.25. The molecule has 4 heteroatoms. The van der Waals surface area contributed by atoms with E-state index in [2.05, 4.69) is 15.6 Å². The number of anilines is 2. The summed E-state index contributed by atoms with van der Waals surface area (Å²) < 4.78 is 5.36. The molecule has 0 spiro atoms. The molecule has 0 aliphatic heterocycles. The Morgan fingerprint density at radius 3 is 3.00 bits per heavy atom. The van der Waals surface area contributed by atoms with E-state index in [4.69, 9.17) is 4.74 Å². The molecule has 16 heavy (non-hydrogen) atoms. The summed E-state index contributed by atoms with van der Waals surface area (Å²) in [6, 6.07) is 4.55. The maximum atomic E-state index is 5.36. The van der Waals surface area contributed by atoms with Crippen molar-refractivity contribution < 1.29 is 4.74 Å². The fraction of sp³-hybridized carbons (Fsp3) is 0.583. The molecule has 1 fully saturated rings. The van der Waals surface area contributed by atoms with Gasteiger partial charge in [-0.1, -0.05) is 0 Å².